The van der Waals surface area contributed by atoms with Crippen LogP contribution in [-0.2, 0) is 0 Å². The van der Waals surface area contributed by atoms with E-state index < -0.39 is 12.2 Å². The highest BCUT2D eigenvalue weighted by Gasteiger charge is 2.18. The van der Waals surface area contributed by atoms with Crippen molar-refractivity contribution in [1.82, 2.24) is 9.97 Å². The van der Waals surface area contributed by atoms with E-state index in [1.165, 1.54) is 12.4 Å². The Labute approximate surface area is 93.6 Å². The first-order valence-corrected chi connectivity index (χ1v) is 5.10. The molecule has 0 radical (unpaired) electrons. The molecule has 1 heterocycles. The molecule has 1 rings (SSSR count). The number of aliphatic hydroxyl groups is 3. The molecule has 2 atom stereocenters. The molecule has 6 nitrogen and oxygen atoms in total. The summed E-state index contributed by atoms with van der Waals surface area (Å²) >= 11 is 0. The first-order chi connectivity index (χ1) is 7.69. The molecule has 0 spiro atoms. The van der Waals surface area contributed by atoms with Crippen molar-refractivity contribution in [2.45, 2.75) is 25.6 Å². The third-order valence-electron chi connectivity index (χ3n) is 2.05. The Morgan fingerprint density at radius 1 is 1.31 bits per heavy atom. The van der Waals surface area contributed by atoms with Crippen LogP contribution in [0.1, 0.15) is 25.0 Å². The fourth-order valence-electron chi connectivity index (χ4n) is 1.19. The molecule has 90 valence electrons. The van der Waals surface area contributed by atoms with Crippen molar-refractivity contribution in [1.29, 1.82) is 0 Å². The van der Waals surface area contributed by atoms with Gasteiger partial charge in [-0.15, -0.1) is 0 Å². The van der Waals surface area contributed by atoms with Gasteiger partial charge in [-0.3, -0.25) is 0 Å². The lowest BCUT2D eigenvalue weighted by atomic mass is 10.1. The van der Waals surface area contributed by atoms with Gasteiger partial charge in [0.05, 0.1) is 12.7 Å². The van der Waals surface area contributed by atoms with Crippen LogP contribution in [0.3, 0.4) is 0 Å². The molecule has 6 heteroatoms. The van der Waals surface area contributed by atoms with Crippen LogP contribution in [0, 0.1) is 0 Å². The lowest BCUT2D eigenvalue weighted by Gasteiger charge is -2.16. The Morgan fingerprint density at radius 3 is 2.44 bits per heavy atom. The van der Waals surface area contributed by atoms with Gasteiger partial charge in [0, 0.05) is 24.6 Å². The van der Waals surface area contributed by atoms with Crippen LogP contribution in [0.15, 0.2) is 12.4 Å². The number of nitrogens with zero attached hydrogens (tertiary/aromatic N) is 2. The molecule has 0 saturated carbocycles. The predicted molar refractivity (Wildman–Crippen MR) is 55.9 cm³/mol. The van der Waals surface area contributed by atoms with Gasteiger partial charge in [-0.05, 0) is 13.3 Å². The lowest BCUT2D eigenvalue weighted by molar-refractivity contribution is 0.00376. The van der Waals surface area contributed by atoms with Crippen molar-refractivity contribution in [2.75, 3.05) is 13.2 Å². The number of hydrogen-bond donors (Lipinski definition) is 3. The van der Waals surface area contributed by atoms with Crippen molar-refractivity contribution >= 4 is 0 Å². The zero-order valence-corrected chi connectivity index (χ0v) is 9.08. The summed E-state index contributed by atoms with van der Waals surface area (Å²) in [6.07, 6.45) is 0.773. The molecule has 0 aliphatic carbocycles. The van der Waals surface area contributed by atoms with Gasteiger partial charge in [-0.25, -0.2) is 9.97 Å². The van der Waals surface area contributed by atoms with Gasteiger partial charge in [0.15, 0.2) is 0 Å². The Bertz CT molecular complexity index is 304. The number of ether oxygens (including phenoxy) is 1. The van der Waals surface area contributed by atoms with Crippen molar-refractivity contribution in [3.63, 3.8) is 0 Å². The number of aliphatic hydroxyl groups excluding tert-OH is 3. The smallest absolute Gasteiger partial charge is 0.316 e. The fraction of sp³-hybridized carbons (Fsp3) is 0.600. The van der Waals surface area contributed by atoms with Crippen LogP contribution in [-0.4, -0.2) is 44.6 Å². The molecule has 0 bridgehead atoms. The molecule has 0 aliphatic rings. The topological polar surface area (TPSA) is 95.7 Å². The average molecular weight is 228 g/mol. The minimum Gasteiger partial charge on any atom is -0.464 e. The molecule has 1 aromatic heterocycles. The van der Waals surface area contributed by atoms with Gasteiger partial charge in [0.2, 0.25) is 0 Å². The number of rotatable bonds is 6. The quantitative estimate of drug-likeness (QED) is 0.616. The van der Waals surface area contributed by atoms with E-state index in [0.717, 1.165) is 0 Å². The average Bonchev–Trinajstić information content (AvgIpc) is 2.30. The van der Waals surface area contributed by atoms with Crippen molar-refractivity contribution in [3.8, 4) is 6.01 Å². The molecule has 2 unspecified atom stereocenters. The summed E-state index contributed by atoms with van der Waals surface area (Å²) in [5.74, 6) is 0. The maximum atomic E-state index is 9.66. The van der Waals surface area contributed by atoms with Gasteiger partial charge in [0.25, 0.3) is 0 Å². The van der Waals surface area contributed by atoms with E-state index in [0.29, 0.717) is 12.2 Å². The molecule has 0 fully saturated rings. The van der Waals surface area contributed by atoms with Crippen LogP contribution in [0.2, 0.25) is 0 Å². The highest BCUT2D eigenvalue weighted by molar-refractivity contribution is 5.11. The molecule has 0 aromatic carbocycles. The standard InChI is InChI=1S/C10H16N2O4/c1-2-16-10-11-5-7(6-12-10)9(15)8(14)3-4-13/h5-6,8-9,13-15H,2-4H2,1H3. The van der Waals surface area contributed by atoms with E-state index in [1.54, 1.807) is 0 Å². The van der Waals surface area contributed by atoms with E-state index in [4.69, 9.17) is 9.84 Å². The van der Waals surface area contributed by atoms with E-state index in [-0.39, 0.29) is 19.0 Å². The van der Waals surface area contributed by atoms with Gasteiger partial charge in [0.1, 0.15) is 6.10 Å². The summed E-state index contributed by atoms with van der Waals surface area (Å²) in [6.45, 7) is 2.10. The summed E-state index contributed by atoms with van der Waals surface area (Å²) in [5.41, 5.74) is 0.393. The van der Waals surface area contributed by atoms with Gasteiger partial charge in [-0.1, -0.05) is 0 Å². The molecular weight excluding hydrogens is 212 g/mol. The Kier molecular flexibility index (Phi) is 5.10. The normalized spacial score (nSPS) is 14.5. The minimum atomic E-state index is -1.09. The third-order valence-corrected chi connectivity index (χ3v) is 2.05. The van der Waals surface area contributed by atoms with Crippen LogP contribution in [0.25, 0.3) is 0 Å². The SMILES string of the molecule is CCOc1ncc(C(O)C(O)CCO)cn1. The van der Waals surface area contributed by atoms with Crippen molar-refractivity contribution in [3.05, 3.63) is 18.0 Å². The van der Waals surface area contributed by atoms with E-state index in [9.17, 15) is 10.2 Å². The largest absolute Gasteiger partial charge is 0.464 e. The van der Waals surface area contributed by atoms with E-state index >= 15 is 0 Å². The van der Waals surface area contributed by atoms with Crippen molar-refractivity contribution in [2.24, 2.45) is 0 Å². The maximum absolute atomic E-state index is 9.66. The third kappa shape index (κ3) is 3.41. The summed E-state index contributed by atoms with van der Waals surface area (Å²) < 4.78 is 5.04. The van der Waals surface area contributed by atoms with Crippen LogP contribution in [0.4, 0.5) is 0 Å². The second-order valence-corrected chi connectivity index (χ2v) is 3.26. The molecule has 3 N–H and O–H groups in total. The molecule has 0 amide bonds. The number of hydrogen-bond acceptors (Lipinski definition) is 6. The minimum absolute atomic E-state index is 0.106. The van der Waals surface area contributed by atoms with E-state index in [1.807, 2.05) is 6.92 Å². The zero-order chi connectivity index (χ0) is 12.0. The molecular formula is C10H16N2O4. The molecule has 0 saturated heterocycles. The van der Waals surface area contributed by atoms with Crippen LogP contribution in [0.5, 0.6) is 6.01 Å². The maximum Gasteiger partial charge on any atom is 0.316 e. The van der Waals surface area contributed by atoms with Gasteiger partial charge >= 0.3 is 6.01 Å². The second-order valence-electron chi connectivity index (χ2n) is 3.26. The Balaban J connectivity index is 2.65. The van der Waals surface area contributed by atoms with Gasteiger partial charge < -0.3 is 20.1 Å². The first kappa shape index (κ1) is 12.8. The Hall–Kier alpha value is -1.24. The second kappa shape index (κ2) is 6.37. The summed E-state index contributed by atoms with van der Waals surface area (Å²) in [4.78, 5) is 7.73. The lowest BCUT2D eigenvalue weighted by Crippen LogP contribution is -2.19. The molecule has 1 aromatic rings. The van der Waals surface area contributed by atoms with E-state index in [2.05, 4.69) is 9.97 Å². The van der Waals surface area contributed by atoms with Gasteiger partial charge in [-0.2, -0.15) is 0 Å². The summed E-state index contributed by atoms with van der Waals surface area (Å²) in [5, 5.41) is 27.7. The van der Waals surface area contributed by atoms with Crippen molar-refractivity contribution < 1.29 is 20.1 Å². The highest BCUT2D eigenvalue weighted by atomic mass is 16.5. The first-order valence-electron chi connectivity index (χ1n) is 5.10. The summed E-state index contributed by atoms with van der Waals surface area (Å²) in [7, 11) is 0. The molecule has 16 heavy (non-hydrogen) atoms. The molecule has 0 aliphatic heterocycles. The zero-order valence-electron chi connectivity index (χ0n) is 9.08. The summed E-state index contributed by atoms with van der Waals surface area (Å²) in [6, 6.07) is 0.232. The van der Waals surface area contributed by atoms with Crippen LogP contribution < -0.4 is 4.74 Å². The Morgan fingerprint density at radius 2 is 1.94 bits per heavy atom. The number of aromatic nitrogens is 2. The monoisotopic (exact) mass is 228 g/mol. The van der Waals surface area contributed by atoms with Crippen LogP contribution >= 0.6 is 0 Å². The fourth-order valence-corrected chi connectivity index (χ4v) is 1.19. The predicted octanol–water partition coefficient (Wildman–Crippen LogP) is -0.348. The highest BCUT2D eigenvalue weighted by Crippen LogP contribution is 2.18.